The molecule has 10 heteroatoms. The topological polar surface area (TPSA) is 138 Å². The Morgan fingerprint density at radius 3 is 2.51 bits per heavy atom. The number of hydrogen-bond acceptors (Lipinski definition) is 6. The number of amides is 3. The number of benzene rings is 2. The van der Waals surface area contributed by atoms with Gasteiger partial charge >= 0.3 is 0 Å². The van der Waals surface area contributed by atoms with Gasteiger partial charge in [-0.15, -0.1) is 11.3 Å². The monoisotopic (exact) mass is 573 g/mol. The molecule has 3 amide bonds. The lowest BCUT2D eigenvalue weighted by molar-refractivity contribution is -0.137. The van der Waals surface area contributed by atoms with Gasteiger partial charge in [-0.25, -0.2) is 0 Å². The molecule has 0 bridgehead atoms. The Hall–Kier alpha value is -4.18. The van der Waals surface area contributed by atoms with Crippen molar-refractivity contribution in [2.75, 3.05) is 13.1 Å². The molecule has 0 radical (unpaired) electrons. The van der Waals surface area contributed by atoms with Crippen LogP contribution in [-0.4, -0.2) is 47.6 Å². The second kappa shape index (κ2) is 12.1. The summed E-state index contributed by atoms with van der Waals surface area (Å²) in [6.45, 7) is 2.51. The molecule has 5 N–H and O–H groups in total. The van der Waals surface area contributed by atoms with E-state index in [9.17, 15) is 14.4 Å². The summed E-state index contributed by atoms with van der Waals surface area (Å²) >= 11 is 1.43. The van der Waals surface area contributed by atoms with Crippen molar-refractivity contribution < 1.29 is 19.1 Å². The van der Waals surface area contributed by atoms with Crippen molar-refractivity contribution in [3.63, 3.8) is 0 Å². The van der Waals surface area contributed by atoms with Crippen molar-refractivity contribution in [2.45, 2.75) is 51.6 Å². The van der Waals surface area contributed by atoms with E-state index in [1.807, 2.05) is 37.3 Å². The molecule has 1 saturated carbocycles. The molecule has 1 atom stereocenters. The lowest BCUT2D eigenvalue weighted by atomic mass is 9.84. The van der Waals surface area contributed by atoms with Crippen LogP contribution in [0.4, 0.5) is 0 Å². The highest BCUT2D eigenvalue weighted by molar-refractivity contribution is 7.10. The molecule has 1 spiro atoms. The van der Waals surface area contributed by atoms with Crippen LogP contribution in [-0.2, 0) is 16.1 Å². The van der Waals surface area contributed by atoms with Crippen molar-refractivity contribution >= 4 is 34.9 Å². The fraction of sp³-hybridized carbons (Fsp3) is 0.355. The molecular formula is C31H35N5O4S. The molecule has 41 heavy (non-hydrogen) atoms. The Balaban J connectivity index is 1.20. The van der Waals surface area contributed by atoms with Gasteiger partial charge in [-0.05, 0) is 73.6 Å². The van der Waals surface area contributed by atoms with Gasteiger partial charge in [0.2, 0.25) is 11.8 Å². The smallest absolute Gasteiger partial charge is 0.251 e. The second-order valence-electron chi connectivity index (χ2n) is 11.0. The van der Waals surface area contributed by atoms with Crippen LogP contribution >= 0.6 is 11.3 Å². The van der Waals surface area contributed by atoms with Gasteiger partial charge in [0.15, 0.2) is 0 Å². The summed E-state index contributed by atoms with van der Waals surface area (Å²) in [6, 6.07) is 15.8. The maximum atomic E-state index is 13.4. The molecule has 1 aromatic heterocycles. The maximum absolute atomic E-state index is 13.4. The molecule has 1 aliphatic carbocycles. The number of carbonyl (C=O) groups is 3. The van der Waals surface area contributed by atoms with E-state index in [4.69, 9.17) is 15.9 Å². The number of likely N-dealkylation sites (tertiary alicyclic amines) is 1. The van der Waals surface area contributed by atoms with Crippen molar-refractivity contribution in [1.29, 1.82) is 5.41 Å². The number of nitrogens with two attached hydrogens (primary N) is 1. The van der Waals surface area contributed by atoms with E-state index in [1.54, 1.807) is 34.5 Å². The zero-order chi connectivity index (χ0) is 29.0. The summed E-state index contributed by atoms with van der Waals surface area (Å²) < 4.78 is 5.90. The fourth-order valence-corrected chi connectivity index (χ4v) is 6.65. The van der Waals surface area contributed by atoms with E-state index in [0.717, 1.165) is 36.1 Å². The van der Waals surface area contributed by atoms with Crippen molar-refractivity contribution in [3.05, 3.63) is 81.5 Å². The van der Waals surface area contributed by atoms with Crippen LogP contribution in [0.25, 0.3) is 0 Å². The van der Waals surface area contributed by atoms with Crippen LogP contribution in [0.2, 0.25) is 0 Å². The Bertz CT molecular complexity index is 1450. The van der Waals surface area contributed by atoms with Crippen LogP contribution in [0.1, 0.15) is 58.5 Å². The zero-order valence-corrected chi connectivity index (χ0v) is 23.9. The second-order valence-corrected chi connectivity index (χ2v) is 12.0. The normalized spacial score (nSPS) is 17.4. The van der Waals surface area contributed by atoms with E-state index in [-0.39, 0.29) is 35.5 Å². The van der Waals surface area contributed by atoms with Gasteiger partial charge in [-0.1, -0.05) is 31.0 Å². The average Bonchev–Trinajstić information content (AvgIpc) is 3.72. The first-order chi connectivity index (χ1) is 19.7. The van der Waals surface area contributed by atoms with Crippen molar-refractivity contribution in [2.24, 2.45) is 11.1 Å². The molecule has 2 heterocycles. The molecule has 2 fully saturated rings. The maximum Gasteiger partial charge on any atom is 0.251 e. The predicted octanol–water partition coefficient (Wildman–Crippen LogP) is 4.34. The molecule has 1 aliphatic heterocycles. The van der Waals surface area contributed by atoms with Gasteiger partial charge in [0.1, 0.15) is 23.4 Å². The minimum Gasteiger partial charge on any atom is -0.457 e. The molecule has 2 aliphatic rings. The fourth-order valence-electron chi connectivity index (χ4n) is 5.83. The molecular weight excluding hydrogens is 538 g/mol. The SMILES string of the molecule is Cc1cc(C(=O)NCC(=O)N2CC3(CCCC3)CC2C(=O)NCc2cc(C(=N)N)cs2)ccc1Oc1ccccc1. The van der Waals surface area contributed by atoms with Crippen LogP contribution in [0, 0.1) is 17.7 Å². The van der Waals surface area contributed by atoms with Crippen LogP contribution < -0.4 is 21.1 Å². The largest absolute Gasteiger partial charge is 0.457 e. The van der Waals surface area contributed by atoms with Gasteiger partial charge in [0.05, 0.1) is 13.1 Å². The van der Waals surface area contributed by atoms with Crippen LogP contribution in [0.3, 0.4) is 0 Å². The highest BCUT2D eigenvalue weighted by atomic mass is 32.1. The molecule has 214 valence electrons. The summed E-state index contributed by atoms with van der Waals surface area (Å²) in [5, 5.41) is 15.1. The Kier molecular flexibility index (Phi) is 8.39. The van der Waals surface area contributed by atoms with Gasteiger partial charge in [-0.2, -0.15) is 0 Å². The summed E-state index contributed by atoms with van der Waals surface area (Å²) in [5.41, 5.74) is 7.37. The van der Waals surface area contributed by atoms with E-state index >= 15 is 0 Å². The number of hydrogen-bond donors (Lipinski definition) is 4. The first-order valence-electron chi connectivity index (χ1n) is 13.8. The summed E-state index contributed by atoms with van der Waals surface area (Å²) in [4.78, 5) is 42.2. The lowest BCUT2D eigenvalue weighted by Gasteiger charge is -2.25. The predicted molar refractivity (Wildman–Crippen MR) is 158 cm³/mol. The minimum absolute atomic E-state index is 0.0109. The molecule has 5 rings (SSSR count). The third-order valence-corrected chi connectivity index (χ3v) is 8.94. The lowest BCUT2D eigenvalue weighted by Crippen LogP contribution is -2.48. The Labute approximate surface area is 243 Å². The van der Waals surface area contributed by atoms with Gasteiger partial charge in [-0.3, -0.25) is 19.8 Å². The zero-order valence-electron chi connectivity index (χ0n) is 23.1. The van der Waals surface area contributed by atoms with E-state index in [1.165, 1.54) is 11.3 Å². The number of nitrogens with one attached hydrogen (secondary N) is 3. The Morgan fingerprint density at radius 2 is 1.83 bits per heavy atom. The third kappa shape index (κ3) is 6.59. The molecule has 2 aromatic carbocycles. The average molecular weight is 574 g/mol. The number of amidine groups is 1. The number of ether oxygens (including phenoxy) is 1. The van der Waals surface area contributed by atoms with Crippen LogP contribution in [0.15, 0.2) is 60.0 Å². The van der Waals surface area contributed by atoms with Gasteiger partial charge < -0.3 is 26.0 Å². The number of para-hydroxylation sites is 1. The first kappa shape index (κ1) is 28.4. The number of nitrogens with zero attached hydrogens (tertiary/aromatic N) is 1. The van der Waals surface area contributed by atoms with E-state index in [0.29, 0.717) is 42.1 Å². The Morgan fingerprint density at radius 1 is 1.07 bits per heavy atom. The highest BCUT2D eigenvalue weighted by Gasteiger charge is 2.49. The molecule has 1 unspecified atom stereocenters. The molecule has 9 nitrogen and oxygen atoms in total. The number of nitrogen functional groups attached to an aromatic ring is 1. The van der Waals surface area contributed by atoms with Gasteiger partial charge in [0, 0.05) is 27.9 Å². The van der Waals surface area contributed by atoms with Crippen LogP contribution in [0.5, 0.6) is 11.5 Å². The first-order valence-corrected chi connectivity index (χ1v) is 14.7. The minimum atomic E-state index is -0.582. The van der Waals surface area contributed by atoms with Crippen molar-refractivity contribution in [1.82, 2.24) is 15.5 Å². The number of carbonyl (C=O) groups excluding carboxylic acids is 3. The molecule has 1 saturated heterocycles. The van der Waals surface area contributed by atoms with Gasteiger partial charge in [0.25, 0.3) is 5.91 Å². The standard InChI is InChI=1S/C31H35N5O4S/c1-20-13-21(9-10-26(20)40-23-7-3-2-4-8-23)29(38)35-17-27(37)36-19-31(11-5-6-12-31)15-25(36)30(39)34-16-24-14-22(18-41-24)28(32)33/h2-4,7-10,13-14,18,25H,5-6,11-12,15-17,19H2,1H3,(H3,32,33)(H,34,39)(H,35,38). The number of thiophene rings is 1. The summed E-state index contributed by atoms with van der Waals surface area (Å²) in [6.07, 6.45) is 4.82. The summed E-state index contributed by atoms with van der Waals surface area (Å²) in [7, 11) is 0. The number of aryl methyl sites for hydroxylation is 1. The quantitative estimate of drug-likeness (QED) is 0.223. The summed E-state index contributed by atoms with van der Waals surface area (Å²) in [5.74, 6) is 0.523. The van der Waals surface area contributed by atoms with E-state index in [2.05, 4.69) is 10.6 Å². The van der Waals surface area contributed by atoms with E-state index < -0.39 is 6.04 Å². The molecule has 3 aromatic rings. The third-order valence-electron chi connectivity index (χ3n) is 8.01. The highest BCUT2D eigenvalue weighted by Crippen LogP contribution is 2.47. The van der Waals surface area contributed by atoms with Crippen molar-refractivity contribution in [3.8, 4) is 11.5 Å². The number of rotatable bonds is 9.